The third kappa shape index (κ3) is 5.64. The molecule has 15 heteroatoms. The lowest BCUT2D eigenvalue weighted by atomic mass is 9.97. The van der Waals surface area contributed by atoms with Crippen LogP contribution < -0.4 is 5.32 Å². The average Bonchev–Trinajstić information content (AvgIpc) is 3.62. The van der Waals surface area contributed by atoms with Crippen LogP contribution in [0, 0.1) is 11.3 Å². The summed E-state index contributed by atoms with van der Waals surface area (Å²) in [6.07, 6.45) is -0.424. The van der Waals surface area contributed by atoms with Crippen LogP contribution in [0.25, 0.3) is 11.5 Å². The number of carbonyl (C=O) groups is 2. The van der Waals surface area contributed by atoms with Crippen molar-refractivity contribution in [2.45, 2.75) is 45.5 Å². The standard InChI is InChI=1S/C27H24F3N9O3/c1-26(2,3)42-25(41)37-10-7-19-16(15-37)5-4-6-21(19)38-22(27(28,29)30)20(14-35-38)24(40)36-18-11-17(12-31)23(32-13-18)39-33-8-9-34-39/h4-6,8-9,11,13-14H,7,10,15H2,1-3H3,(H,36,40). The Morgan fingerprint density at radius 1 is 1.10 bits per heavy atom. The quantitative estimate of drug-likeness (QED) is 0.377. The number of anilines is 1. The molecule has 1 N–H and O–H groups in total. The van der Waals surface area contributed by atoms with E-state index in [0.29, 0.717) is 15.8 Å². The van der Waals surface area contributed by atoms with Gasteiger partial charge in [0.25, 0.3) is 5.91 Å². The van der Waals surface area contributed by atoms with Crippen LogP contribution in [0.2, 0.25) is 0 Å². The lowest BCUT2D eigenvalue weighted by Crippen LogP contribution is -2.40. The maximum absolute atomic E-state index is 14.4. The molecule has 0 fully saturated rings. The van der Waals surface area contributed by atoms with Gasteiger partial charge in [-0.3, -0.25) is 4.79 Å². The summed E-state index contributed by atoms with van der Waals surface area (Å²) < 4.78 is 49.4. The van der Waals surface area contributed by atoms with Crippen molar-refractivity contribution in [1.29, 1.82) is 5.26 Å². The molecule has 0 atom stereocenters. The minimum atomic E-state index is -4.95. The summed E-state index contributed by atoms with van der Waals surface area (Å²) in [7, 11) is 0. The second-order valence-corrected chi connectivity index (χ2v) is 10.4. The second kappa shape index (κ2) is 10.6. The highest BCUT2D eigenvalue weighted by Crippen LogP contribution is 2.36. The maximum atomic E-state index is 14.4. The van der Waals surface area contributed by atoms with Gasteiger partial charge < -0.3 is 15.0 Å². The molecule has 1 aromatic carbocycles. The van der Waals surface area contributed by atoms with Gasteiger partial charge in [0.2, 0.25) is 0 Å². The van der Waals surface area contributed by atoms with Crippen molar-refractivity contribution in [1.82, 2.24) is 34.7 Å². The number of rotatable bonds is 4. The number of amides is 2. The Hall–Kier alpha value is -5.26. The van der Waals surface area contributed by atoms with Gasteiger partial charge in [0.15, 0.2) is 11.5 Å². The van der Waals surface area contributed by atoms with Crippen molar-refractivity contribution in [3.63, 3.8) is 0 Å². The molecule has 0 bridgehead atoms. The van der Waals surface area contributed by atoms with Gasteiger partial charge in [-0.1, -0.05) is 12.1 Å². The van der Waals surface area contributed by atoms with E-state index >= 15 is 0 Å². The minimum Gasteiger partial charge on any atom is -0.444 e. The van der Waals surface area contributed by atoms with E-state index in [1.165, 1.54) is 35.6 Å². The molecule has 216 valence electrons. The minimum absolute atomic E-state index is 0.00680. The van der Waals surface area contributed by atoms with Crippen LogP contribution in [-0.4, -0.2) is 58.8 Å². The Morgan fingerprint density at radius 2 is 1.83 bits per heavy atom. The SMILES string of the molecule is CC(C)(C)OC(=O)N1CCc2c(cccc2-n2ncc(C(=O)Nc3cnc(-n4nccn4)c(C#N)c3)c2C(F)(F)F)C1. The van der Waals surface area contributed by atoms with Gasteiger partial charge in [-0.15, -0.1) is 4.80 Å². The predicted molar refractivity (Wildman–Crippen MR) is 141 cm³/mol. The topological polar surface area (TPSA) is 144 Å². The number of halogens is 3. The van der Waals surface area contributed by atoms with Crippen LogP contribution in [0.1, 0.15) is 53.5 Å². The molecule has 0 aliphatic carbocycles. The molecular formula is C27H24F3N9O3. The fourth-order valence-corrected chi connectivity index (χ4v) is 4.53. The summed E-state index contributed by atoms with van der Waals surface area (Å²) >= 11 is 0. The van der Waals surface area contributed by atoms with Crippen LogP contribution in [0.5, 0.6) is 0 Å². The molecule has 42 heavy (non-hydrogen) atoms. The third-order valence-corrected chi connectivity index (χ3v) is 6.26. The largest absolute Gasteiger partial charge is 0.444 e. The first kappa shape index (κ1) is 28.3. The number of alkyl halides is 3. The van der Waals surface area contributed by atoms with Gasteiger partial charge in [-0.05, 0) is 50.5 Å². The number of hydrogen-bond acceptors (Lipinski definition) is 8. The van der Waals surface area contributed by atoms with Gasteiger partial charge >= 0.3 is 12.3 Å². The summed E-state index contributed by atoms with van der Waals surface area (Å²) in [5.74, 6) is -1.01. The molecule has 5 rings (SSSR count). The molecule has 4 heterocycles. The molecule has 1 aliphatic heterocycles. The molecule has 0 radical (unpaired) electrons. The lowest BCUT2D eigenvalue weighted by molar-refractivity contribution is -0.143. The number of hydrogen-bond donors (Lipinski definition) is 1. The summed E-state index contributed by atoms with van der Waals surface area (Å²) in [5, 5.41) is 23.6. The number of carbonyl (C=O) groups excluding carboxylic acids is 2. The normalized spacial score (nSPS) is 13.3. The maximum Gasteiger partial charge on any atom is 0.434 e. The van der Waals surface area contributed by atoms with Crippen molar-refractivity contribution >= 4 is 17.7 Å². The van der Waals surface area contributed by atoms with Crippen LogP contribution in [-0.2, 0) is 23.9 Å². The van der Waals surface area contributed by atoms with Crippen molar-refractivity contribution in [3.8, 4) is 17.6 Å². The molecule has 1 aliphatic rings. The van der Waals surface area contributed by atoms with Gasteiger partial charge in [-0.25, -0.2) is 14.5 Å². The van der Waals surface area contributed by atoms with E-state index in [2.05, 4.69) is 25.6 Å². The van der Waals surface area contributed by atoms with Crippen LogP contribution in [0.15, 0.2) is 49.1 Å². The highest BCUT2D eigenvalue weighted by molar-refractivity contribution is 6.05. The lowest BCUT2D eigenvalue weighted by Gasteiger charge is -2.32. The molecule has 0 spiro atoms. The first-order valence-electron chi connectivity index (χ1n) is 12.7. The molecule has 0 unspecified atom stereocenters. The van der Waals surface area contributed by atoms with Gasteiger partial charge in [0.1, 0.15) is 17.2 Å². The predicted octanol–water partition coefficient (Wildman–Crippen LogP) is 4.28. The van der Waals surface area contributed by atoms with Crippen LogP contribution in [0.4, 0.5) is 23.7 Å². The molecule has 2 amide bonds. The van der Waals surface area contributed by atoms with Gasteiger partial charge in [0.05, 0.1) is 41.7 Å². The smallest absolute Gasteiger partial charge is 0.434 e. The van der Waals surface area contributed by atoms with E-state index in [1.54, 1.807) is 32.9 Å². The molecule has 0 saturated carbocycles. The number of aromatic nitrogens is 6. The second-order valence-electron chi connectivity index (χ2n) is 10.4. The molecule has 0 saturated heterocycles. The Bertz CT molecular complexity index is 1700. The average molecular weight is 580 g/mol. The summed E-state index contributed by atoms with van der Waals surface area (Å²) in [6, 6.07) is 7.94. The number of nitriles is 1. The number of benzene rings is 1. The Balaban J connectivity index is 1.45. The summed E-state index contributed by atoms with van der Waals surface area (Å²) in [6.45, 7) is 5.62. The van der Waals surface area contributed by atoms with E-state index in [0.717, 1.165) is 11.0 Å². The van der Waals surface area contributed by atoms with Crippen molar-refractivity contribution in [2.24, 2.45) is 0 Å². The summed E-state index contributed by atoms with van der Waals surface area (Å²) in [4.78, 5) is 32.3. The molecule has 3 aromatic heterocycles. The first-order chi connectivity index (χ1) is 19.9. The zero-order chi connectivity index (χ0) is 30.2. The van der Waals surface area contributed by atoms with E-state index < -0.39 is 35.0 Å². The van der Waals surface area contributed by atoms with E-state index in [-0.39, 0.29) is 42.3 Å². The number of nitrogens with one attached hydrogen (secondary N) is 1. The van der Waals surface area contributed by atoms with E-state index in [1.807, 2.05) is 6.07 Å². The monoisotopic (exact) mass is 579 g/mol. The number of fused-ring (bicyclic) bond motifs is 1. The van der Waals surface area contributed by atoms with E-state index in [9.17, 15) is 28.0 Å². The molecule has 4 aromatic rings. The molecule has 12 nitrogen and oxygen atoms in total. The highest BCUT2D eigenvalue weighted by atomic mass is 19.4. The van der Waals surface area contributed by atoms with Crippen molar-refractivity contribution in [2.75, 3.05) is 11.9 Å². The summed E-state index contributed by atoms with van der Waals surface area (Å²) in [5.41, 5.74) is -1.34. The highest BCUT2D eigenvalue weighted by Gasteiger charge is 2.41. The Labute approximate surface area is 237 Å². The number of ether oxygens (including phenoxy) is 1. The van der Waals surface area contributed by atoms with Crippen LogP contribution in [0.3, 0.4) is 0 Å². The first-order valence-corrected chi connectivity index (χ1v) is 12.7. The zero-order valence-electron chi connectivity index (χ0n) is 22.7. The fourth-order valence-electron chi connectivity index (χ4n) is 4.53. The Morgan fingerprint density at radius 3 is 2.50 bits per heavy atom. The Kier molecular flexibility index (Phi) is 7.15. The van der Waals surface area contributed by atoms with Crippen LogP contribution >= 0.6 is 0 Å². The van der Waals surface area contributed by atoms with Gasteiger partial charge in [-0.2, -0.15) is 33.7 Å². The van der Waals surface area contributed by atoms with Gasteiger partial charge in [0, 0.05) is 13.1 Å². The fraction of sp³-hybridized carbons (Fsp3) is 0.296. The number of nitrogens with zero attached hydrogens (tertiary/aromatic N) is 8. The van der Waals surface area contributed by atoms with E-state index in [4.69, 9.17) is 4.74 Å². The molecular weight excluding hydrogens is 555 g/mol. The van der Waals surface area contributed by atoms with Crippen molar-refractivity contribution < 1.29 is 27.5 Å². The van der Waals surface area contributed by atoms with Crippen molar-refractivity contribution in [3.05, 3.63) is 77.0 Å². The number of pyridine rings is 1. The third-order valence-electron chi connectivity index (χ3n) is 6.26. The zero-order valence-corrected chi connectivity index (χ0v) is 22.7.